The van der Waals surface area contributed by atoms with Crippen molar-refractivity contribution in [3.8, 4) is 50.6 Å². The van der Waals surface area contributed by atoms with Crippen LogP contribution < -0.4 is 10.6 Å². The van der Waals surface area contributed by atoms with Crippen LogP contribution in [0.4, 0.5) is 0 Å². The van der Waals surface area contributed by atoms with Gasteiger partial charge in [-0.1, -0.05) is 103 Å². The van der Waals surface area contributed by atoms with Gasteiger partial charge in [-0.3, -0.25) is 0 Å². The maximum atomic E-state index is 13.7. The fraction of sp³-hybridized carbons (Fsp3) is 0.0278. The molecule has 0 N–H and O–H groups in total. The Hall–Kier alpha value is -4.70. The zero-order chi connectivity index (χ0) is 26.6. The van der Waals surface area contributed by atoms with E-state index in [2.05, 4.69) is 91.0 Å². The Morgan fingerprint density at radius 1 is 0.513 bits per heavy atom. The van der Waals surface area contributed by atoms with E-state index < -0.39 is 7.14 Å². The van der Waals surface area contributed by atoms with Crippen LogP contribution in [0, 0.1) is 11.3 Å². The Kier molecular flexibility index (Phi) is 5.38. The molecule has 0 spiro atoms. The van der Waals surface area contributed by atoms with Gasteiger partial charge in [-0.15, -0.1) is 0 Å². The Morgan fingerprint density at radius 3 is 1.87 bits per heavy atom. The van der Waals surface area contributed by atoms with Crippen molar-refractivity contribution in [2.75, 3.05) is 6.66 Å². The van der Waals surface area contributed by atoms with E-state index in [-0.39, 0.29) is 0 Å². The van der Waals surface area contributed by atoms with Crippen LogP contribution in [0.2, 0.25) is 0 Å². The fourth-order valence-electron chi connectivity index (χ4n) is 5.91. The van der Waals surface area contributed by atoms with Crippen molar-refractivity contribution < 1.29 is 4.57 Å². The Bertz CT molecular complexity index is 2010. The van der Waals surface area contributed by atoms with Gasteiger partial charge in [0.1, 0.15) is 7.14 Å². The molecule has 0 aliphatic carbocycles. The maximum Gasteiger partial charge on any atom is 0.141 e. The molecule has 1 aliphatic rings. The highest BCUT2D eigenvalue weighted by molar-refractivity contribution is 7.79. The molecule has 39 heavy (non-hydrogen) atoms. The molecule has 1 heterocycles. The van der Waals surface area contributed by atoms with E-state index in [1.54, 1.807) is 0 Å². The van der Waals surface area contributed by atoms with Gasteiger partial charge in [0.15, 0.2) is 0 Å². The first-order chi connectivity index (χ1) is 19.0. The summed E-state index contributed by atoms with van der Waals surface area (Å²) in [5.74, 6) is 0. The van der Waals surface area contributed by atoms with Crippen molar-refractivity contribution in [1.82, 2.24) is 0 Å². The highest BCUT2D eigenvalue weighted by Gasteiger charge is 2.34. The SMILES string of the molecule is CP1(=O)c2ccccc2-c2cc(-c3ccc(-c4ccc(-c5cccc(C#N)c5)cc4)c4ccccc34)ccc21. The van der Waals surface area contributed by atoms with Crippen LogP contribution in [0.3, 0.4) is 0 Å². The number of nitriles is 1. The van der Waals surface area contributed by atoms with E-state index in [4.69, 9.17) is 0 Å². The molecular formula is C36H24NOP. The summed E-state index contributed by atoms with van der Waals surface area (Å²) in [6.45, 7) is 1.88. The van der Waals surface area contributed by atoms with Crippen LogP contribution >= 0.6 is 7.14 Å². The highest BCUT2D eigenvalue weighted by Crippen LogP contribution is 2.50. The molecule has 7 rings (SSSR count). The molecule has 0 amide bonds. The van der Waals surface area contributed by atoms with E-state index in [1.807, 2.05) is 49.1 Å². The molecule has 1 atom stereocenters. The number of nitrogens with zero attached hydrogens (tertiary/aromatic N) is 1. The predicted octanol–water partition coefficient (Wildman–Crippen LogP) is 8.64. The van der Waals surface area contributed by atoms with Gasteiger partial charge in [0.05, 0.1) is 11.6 Å². The number of hydrogen-bond donors (Lipinski definition) is 0. The lowest BCUT2D eigenvalue weighted by Gasteiger charge is -2.14. The predicted molar refractivity (Wildman–Crippen MR) is 163 cm³/mol. The van der Waals surface area contributed by atoms with Gasteiger partial charge in [0.2, 0.25) is 0 Å². The average molecular weight is 518 g/mol. The Labute approximate surface area is 228 Å². The van der Waals surface area contributed by atoms with Crippen LogP contribution in [0.15, 0.2) is 127 Å². The zero-order valence-electron chi connectivity index (χ0n) is 21.4. The minimum Gasteiger partial charge on any atom is -0.314 e. The van der Waals surface area contributed by atoms with Gasteiger partial charge in [-0.2, -0.15) is 5.26 Å². The average Bonchev–Trinajstić information content (AvgIpc) is 3.23. The first kappa shape index (κ1) is 23.4. The number of hydrogen-bond acceptors (Lipinski definition) is 2. The monoisotopic (exact) mass is 517 g/mol. The quantitative estimate of drug-likeness (QED) is 0.221. The third-order valence-corrected chi connectivity index (χ3v) is 10.5. The van der Waals surface area contributed by atoms with Crippen LogP contribution in [-0.2, 0) is 4.57 Å². The molecule has 0 fully saturated rings. The first-order valence-corrected chi connectivity index (χ1v) is 15.2. The summed E-state index contributed by atoms with van der Waals surface area (Å²) in [4.78, 5) is 0. The summed E-state index contributed by atoms with van der Waals surface area (Å²) in [6.07, 6.45) is 0. The molecule has 6 aromatic carbocycles. The summed E-state index contributed by atoms with van der Waals surface area (Å²) in [5.41, 5.74) is 9.57. The maximum absolute atomic E-state index is 13.7. The number of rotatable bonds is 3. The van der Waals surface area contributed by atoms with Crippen LogP contribution in [-0.4, -0.2) is 6.66 Å². The smallest absolute Gasteiger partial charge is 0.141 e. The molecule has 6 aromatic rings. The van der Waals surface area contributed by atoms with E-state index in [9.17, 15) is 9.83 Å². The van der Waals surface area contributed by atoms with E-state index >= 15 is 0 Å². The molecule has 1 unspecified atom stereocenters. The van der Waals surface area contributed by atoms with Gasteiger partial charge in [-0.25, -0.2) is 0 Å². The normalized spacial score (nSPS) is 15.5. The standard InChI is InChI=1S/C36H24NOP/c1-39(38)35-12-5-4-11-33(35)34-22-28(17-20-36(34)39)30-19-18-29(31-9-2-3-10-32(30)31)26-15-13-25(14-16-26)27-8-6-7-24(21-27)23-37/h2-22H,1H3. The van der Waals surface area contributed by atoms with Crippen molar-refractivity contribution >= 4 is 28.5 Å². The van der Waals surface area contributed by atoms with Gasteiger partial charge in [0.25, 0.3) is 0 Å². The van der Waals surface area contributed by atoms with Gasteiger partial charge >= 0.3 is 0 Å². The Morgan fingerprint density at radius 2 is 1.13 bits per heavy atom. The Balaban J connectivity index is 1.33. The van der Waals surface area contributed by atoms with Crippen molar-refractivity contribution in [3.63, 3.8) is 0 Å². The largest absolute Gasteiger partial charge is 0.314 e. The lowest BCUT2D eigenvalue weighted by Crippen LogP contribution is -2.07. The number of benzene rings is 6. The highest BCUT2D eigenvalue weighted by atomic mass is 31.2. The summed E-state index contributed by atoms with van der Waals surface area (Å²) in [5, 5.41) is 13.5. The summed E-state index contributed by atoms with van der Waals surface area (Å²) >= 11 is 0. The molecule has 0 radical (unpaired) electrons. The molecular weight excluding hydrogens is 493 g/mol. The van der Waals surface area contributed by atoms with Gasteiger partial charge in [0, 0.05) is 10.6 Å². The molecule has 3 heteroatoms. The molecule has 2 nitrogen and oxygen atoms in total. The van der Waals surface area contributed by atoms with Crippen molar-refractivity contribution in [2.45, 2.75) is 0 Å². The van der Waals surface area contributed by atoms with E-state index in [0.29, 0.717) is 5.56 Å². The lowest BCUT2D eigenvalue weighted by atomic mass is 9.90. The molecule has 0 bridgehead atoms. The van der Waals surface area contributed by atoms with Crippen molar-refractivity contribution in [2.24, 2.45) is 0 Å². The summed E-state index contributed by atoms with van der Waals surface area (Å²) in [6, 6.07) is 45.9. The van der Waals surface area contributed by atoms with E-state index in [1.165, 1.54) is 16.3 Å². The summed E-state index contributed by atoms with van der Waals surface area (Å²) in [7, 11) is -2.58. The van der Waals surface area contributed by atoms with E-state index in [0.717, 1.165) is 49.6 Å². The minimum atomic E-state index is -2.58. The molecule has 184 valence electrons. The third kappa shape index (κ3) is 3.75. The molecule has 0 aromatic heterocycles. The van der Waals surface area contributed by atoms with Crippen molar-refractivity contribution in [3.05, 3.63) is 133 Å². The fourth-order valence-corrected chi connectivity index (χ4v) is 8.20. The molecule has 0 saturated heterocycles. The molecule has 0 saturated carbocycles. The van der Waals surface area contributed by atoms with Crippen LogP contribution in [0.5, 0.6) is 0 Å². The number of fused-ring (bicyclic) bond motifs is 4. The van der Waals surface area contributed by atoms with Gasteiger partial charge < -0.3 is 4.57 Å². The second-order valence-corrected chi connectivity index (χ2v) is 13.0. The third-order valence-electron chi connectivity index (χ3n) is 7.87. The minimum absolute atomic E-state index is 0.662. The van der Waals surface area contributed by atoms with Crippen LogP contribution in [0.25, 0.3) is 55.3 Å². The first-order valence-electron chi connectivity index (χ1n) is 13.0. The lowest BCUT2D eigenvalue weighted by molar-refractivity contribution is 0.591. The molecule has 1 aliphatic heterocycles. The van der Waals surface area contributed by atoms with Crippen molar-refractivity contribution in [1.29, 1.82) is 5.26 Å². The second-order valence-electron chi connectivity index (χ2n) is 10.1. The second kappa shape index (κ2) is 8.95. The zero-order valence-corrected chi connectivity index (χ0v) is 22.3. The van der Waals surface area contributed by atoms with Crippen LogP contribution in [0.1, 0.15) is 5.56 Å². The summed E-state index contributed by atoms with van der Waals surface area (Å²) < 4.78 is 13.7. The topological polar surface area (TPSA) is 40.9 Å². The van der Waals surface area contributed by atoms with Gasteiger partial charge in [-0.05, 0) is 86.2 Å².